The first kappa shape index (κ1) is 111. The number of benzene rings is 2. The number of carbonyl (C=O) groups excluding carboxylic acids is 6. The largest absolute Gasteiger partial charge is 0.337 e. The van der Waals surface area contributed by atoms with Crippen LogP contribution < -0.4 is 0 Å². The number of thiophene rings is 6. The molecule has 23 heteroatoms. The van der Waals surface area contributed by atoms with Gasteiger partial charge in [0.05, 0.1) is 85.4 Å². The van der Waals surface area contributed by atoms with Gasteiger partial charge < -0.3 is 24.2 Å². The fraction of sp³-hybridized carbons (Fsp3) is 0.537. The van der Waals surface area contributed by atoms with Gasteiger partial charge in [-0.25, -0.2) is 0 Å². The van der Waals surface area contributed by atoms with Gasteiger partial charge in [0.2, 0.25) is 0 Å². The minimum absolute atomic E-state index is 0.0128. The molecule has 0 aliphatic carbocycles. The summed E-state index contributed by atoms with van der Waals surface area (Å²) in [6.45, 7) is 30.4. The lowest BCUT2D eigenvalue weighted by atomic mass is 9.98. The summed E-state index contributed by atoms with van der Waals surface area (Å²) >= 11 is 24.4. The van der Waals surface area contributed by atoms with E-state index in [1.165, 1.54) is 161 Å². The van der Waals surface area contributed by atoms with E-state index >= 15 is 19.2 Å². The van der Waals surface area contributed by atoms with Crippen molar-refractivity contribution in [2.24, 2.45) is 23.7 Å². The maximum Gasteiger partial charge on any atom is 0.266 e. The fourth-order valence-corrected chi connectivity index (χ4v) is 31.1. The van der Waals surface area contributed by atoms with Crippen molar-refractivity contribution in [3.63, 3.8) is 0 Å². The molecule has 0 spiro atoms. The number of nitrogens with zero attached hydrogens (tertiary/aromatic N) is 7. The summed E-state index contributed by atoms with van der Waals surface area (Å²) < 4.78 is 4.00. The molecule has 15 rings (SSSR count). The molecule has 7 aromatic heterocycles. The number of rotatable bonds is 63. The van der Waals surface area contributed by atoms with Gasteiger partial charge in [0.1, 0.15) is 8.64 Å². The first-order chi connectivity index (χ1) is 70.3. The number of carbonyl (C=O) groups is 6. The normalized spacial score (nSPS) is 16.8. The second-order valence-corrected chi connectivity index (χ2v) is 51.0. The zero-order valence-electron chi connectivity index (χ0n) is 88.0. The summed E-state index contributed by atoms with van der Waals surface area (Å²) in [5.74, 6) is 0.559. The lowest BCUT2D eigenvalue weighted by Crippen LogP contribution is -2.34. The van der Waals surface area contributed by atoms with Gasteiger partial charge in [-0.05, 0) is 183 Å². The van der Waals surface area contributed by atoms with Crippen LogP contribution in [0.5, 0.6) is 0 Å². The Morgan fingerprint density at radius 1 is 0.264 bits per heavy atom. The standard InChI is InChI=1S/C121H157N7O6S10/c1-13-25-33-37-41-45-53-87(54-46-42-38-34-26-14-2)128-92-73-85(94-63-67-100(139-94)110-106-108(118(133)124(110)77-81(21-9)49-29-17-5)112(126(116(106)131)79-83(23-11)51-31-19-7)102-69-65-98(141-102)96-61-57-88(137-96)75-104-114(129)122(120(135)143-104)71-47-43-39-35-27-15-3)55-59-90(92)91-60-56-86(74-93(91)128)95-64-68-101(140-95)111-107-109(119(134)125(111)78-82(22-10)50-30-18-6)113(127(117(107)132)80-84(24-12)52-32-20-8)103-70-66-99(142-103)97-62-58-89(138-97)76-105-115(130)123(121(136)144-105)72-48-44-40-36-28-16-4/h55-70,73-76,81-84,87H,13-54,71-72,77-80H2,1-12H3/b104-75+,105-76+. The summed E-state index contributed by atoms with van der Waals surface area (Å²) in [6, 6.07) is 40.5. The quantitative estimate of drug-likeness (QED) is 0.0207. The van der Waals surface area contributed by atoms with Crippen LogP contribution in [-0.2, 0) is 28.8 Å². The highest BCUT2D eigenvalue weighted by atomic mass is 32.2. The number of unbranched alkanes of at least 4 members (excludes halogenated alkanes) is 24. The monoisotopic (exact) mass is 2120 g/mol. The second kappa shape index (κ2) is 54.3. The van der Waals surface area contributed by atoms with Gasteiger partial charge in [-0.3, -0.25) is 38.6 Å². The molecule has 0 N–H and O–H groups in total. The first-order valence-electron chi connectivity index (χ1n) is 55.7. The number of thioether (sulfide) groups is 2. The Labute approximate surface area is 904 Å². The van der Waals surface area contributed by atoms with Crippen molar-refractivity contribution in [2.45, 2.75) is 359 Å². The molecule has 6 aliphatic heterocycles. The minimum atomic E-state index is -0.0875. The molecule has 2 fully saturated rings. The average Bonchev–Trinajstić information content (AvgIpc) is 1.55. The summed E-state index contributed by atoms with van der Waals surface area (Å²) in [7, 11) is 0. The van der Waals surface area contributed by atoms with Crippen molar-refractivity contribution in [2.75, 3.05) is 39.3 Å². The Hall–Kier alpha value is -7.42. The zero-order valence-corrected chi connectivity index (χ0v) is 96.2. The molecule has 0 radical (unpaired) electrons. The van der Waals surface area contributed by atoms with E-state index in [-0.39, 0.29) is 65.2 Å². The van der Waals surface area contributed by atoms with Gasteiger partial charge in [-0.2, -0.15) is 0 Å². The lowest BCUT2D eigenvalue weighted by Gasteiger charge is -2.29. The number of amides is 6. The van der Waals surface area contributed by atoms with Gasteiger partial charge >= 0.3 is 0 Å². The van der Waals surface area contributed by atoms with Gasteiger partial charge in [0.25, 0.3) is 35.4 Å². The number of fused-ring (bicyclic) bond motifs is 5. The highest BCUT2D eigenvalue weighted by Gasteiger charge is 2.53. The predicted molar refractivity (Wildman–Crippen MR) is 631 cm³/mol. The Balaban J connectivity index is 0.814. The summed E-state index contributed by atoms with van der Waals surface area (Å²) in [4.78, 5) is 118. The van der Waals surface area contributed by atoms with Crippen molar-refractivity contribution in [3.05, 3.63) is 171 Å². The number of aromatic nitrogens is 1. The highest BCUT2D eigenvalue weighted by Crippen LogP contribution is 2.56. The fourth-order valence-electron chi connectivity index (χ4n) is 22.0. The molecule has 2 saturated heterocycles. The van der Waals surface area contributed by atoms with Crippen molar-refractivity contribution >= 4 is 217 Å². The Morgan fingerprint density at radius 3 is 0.833 bits per heavy atom. The second-order valence-electron chi connectivity index (χ2n) is 41.1. The molecule has 6 aliphatic rings. The van der Waals surface area contributed by atoms with Crippen molar-refractivity contribution in [1.29, 1.82) is 0 Å². The molecule has 4 atom stereocenters. The number of thiocarbonyl (C=S) groups is 2. The topological polar surface area (TPSA) is 127 Å². The molecule has 13 nitrogen and oxygen atoms in total. The van der Waals surface area contributed by atoms with Crippen LogP contribution in [0.1, 0.15) is 388 Å². The van der Waals surface area contributed by atoms with Crippen LogP contribution in [0.15, 0.2) is 141 Å². The minimum Gasteiger partial charge on any atom is -0.337 e. The third-order valence-corrected chi connectivity index (χ3v) is 40.4. The van der Waals surface area contributed by atoms with Crippen LogP contribution in [0.25, 0.3) is 97.1 Å². The third-order valence-electron chi connectivity index (χ3n) is 30.7. The average molecular weight is 2130 g/mol. The SMILES string of the molecule is CCCCCCCCC(CCCCCCCC)n1c2cc(-c3ccc(C4=C5C(=O)N(CC(CC)CCCC)C(c6ccc(-c7ccc(/C=C8/SC(=S)N(CCCCCCCC)C8=O)s7)s6)=C5C(=O)N4CC(CC)CCCC)s3)ccc2c2ccc(-c3ccc(C4=C5C(=O)N(CC(CC)CCCC)C(c6ccc(-c7ccc(/C=C8/SC(=S)N(CCCCCCCC)C8=O)s7)s6)=C5C(=O)N4CC(CC)CCCC)s3)cc21. The Bertz CT molecular complexity index is 5820. The van der Waals surface area contributed by atoms with Gasteiger partial charge in [0.15, 0.2) is 0 Å². The molecular weight excluding hydrogens is 1970 g/mol. The van der Waals surface area contributed by atoms with Crippen molar-refractivity contribution in [3.8, 4) is 40.4 Å². The predicted octanol–water partition coefficient (Wildman–Crippen LogP) is 36.5. The van der Waals surface area contributed by atoms with E-state index in [1.54, 1.807) is 77.8 Å². The summed E-state index contributed by atoms with van der Waals surface area (Å²) in [5, 5.41) is 2.43. The molecule has 144 heavy (non-hydrogen) atoms. The van der Waals surface area contributed by atoms with E-state index in [0.717, 1.165) is 247 Å². The molecule has 0 bridgehead atoms. The highest BCUT2D eigenvalue weighted by molar-refractivity contribution is 8.27. The molecule has 772 valence electrons. The molecule has 13 heterocycles. The number of hydrogen-bond donors (Lipinski definition) is 0. The molecule has 4 unspecified atom stereocenters. The molecule has 2 aromatic carbocycles. The van der Waals surface area contributed by atoms with E-state index in [4.69, 9.17) is 24.4 Å². The Kier molecular flexibility index (Phi) is 41.8. The first-order valence-corrected chi connectivity index (χ1v) is 63.1. The number of hydrogen-bond acceptors (Lipinski definition) is 16. The maximum atomic E-state index is 16.4. The van der Waals surface area contributed by atoms with E-state index in [2.05, 4.69) is 197 Å². The van der Waals surface area contributed by atoms with Crippen molar-refractivity contribution < 1.29 is 28.8 Å². The van der Waals surface area contributed by atoms with E-state index in [0.29, 0.717) is 80.0 Å². The van der Waals surface area contributed by atoms with Crippen LogP contribution in [0.4, 0.5) is 0 Å². The lowest BCUT2D eigenvalue weighted by molar-refractivity contribution is -0.124. The smallest absolute Gasteiger partial charge is 0.266 e. The van der Waals surface area contributed by atoms with Crippen LogP contribution in [0, 0.1) is 23.7 Å². The van der Waals surface area contributed by atoms with Crippen molar-refractivity contribution in [1.82, 2.24) is 34.0 Å². The zero-order chi connectivity index (χ0) is 101. The van der Waals surface area contributed by atoms with Crippen LogP contribution in [0.3, 0.4) is 0 Å². The van der Waals surface area contributed by atoms with Gasteiger partial charge in [0, 0.05) is 95.1 Å². The summed E-state index contributed by atoms with van der Waals surface area (Å²) in [6.07, 6.45) is 50.5. The van der Waals surface area contributed by atoms with E-state index in [1.807, 2.05) is 31.8 Å². The van der Waals surface area contributed by atoms with E-state index in [9.17, 15) is 9.59 Å². The molecule has 9 aromatic rings. The van der Waals surface area contributed by atoms with Crippen LogP contribution in [-0.4, -0.2) is 117 Å². The molecule has 6 amide bonds. The van der Waals surface area contributed by atoms with Crippen LogP contribution in [0.2, 0.25) is 0 Å². The third kappa shape index (κ3) is 25.9. The summed E-state index contributed by atoms with van der Waals surface area (Å²) in [5.41, 5.74) is 9.69. The Morgan fingerprint density at radius 2 is 0.528 bits per heavy atom. The van der Waals surface area contributed by atoms with Gasteiger partial charge in [-0.15, -0.1) is 68.0 Å². The van der Waals surface area contributed by atoms with Crippen LogP contribution >= 0.6 is 116 Å². The maximum absolute atomic E-state index is 16.4. The van der Waals surface area contributed by atoms with E-state index < -0.39 is 0 Å². The molecular formula is C121H157N7O6S10. The molecule has 0 saturated carbocycles. The van der Waals surface area contributed by atoms with Gasteiger partial charge in [-0.1, -0.05) is 374 Å².